The van der Waals surface area contributed by atoms with Crippen LogP contribution in [0.1, 0.15) is 24.3 Å². The summed E-state index contributed by atoms with van der Waals surface area (Å²) < 4.78 is 19.8. The predicted octanol–water partition coefficient (Wildman–Crippen LogP) is 3.02. The highest BCUT2D eigenvalue weighted by Crippen LogP contribution is 2.30. The van der Waals surface area contributed by atoms with Crippen molar-refractivity contribution in [2.45, 2.75) is 25.9 Å². The Bertz CT molecular complexity index is 1140. The number of halogens is 1. The van der Waals surface area contributed by atoms with Gasteiger partial charge in [-0.1, -0.05) is 6.07 Å². The van der Waals surface area contributed by atoms with Gasteiger partial charge >= 0.3 is 0 Å². The van der Waals surface area contributed by atoms with Crippen LogP contribution in [0.5, 0.6) is 5.75 Å². The molecule has 2 atom stereocenters. The van der Waals surface area contributed by atoms with Crippen LogP contribution >= 0.6 is 0 Å². The number of carbonyl (C=O) groups excluding carboxylic acids is 1. The summed E-state index contributed by atoms with van der Waals surface area (Å²) in [5.74, 6) is -0.275. The maximum absolute atomic E-state index is 14.5. The zero-order valence-electron chi connectivity index (χ0n) is 19.2. The first-order valence-corrected chi connectivity index (χ1v) is 10.9. The summed E-state index contributed by atoms with van der Waals surface area (Å²) in [5, 5.41) is 11.2. The number of nitrogens with one attached hydrogen (secondary N) is 4. The van der Waals surface area contributed by atoms with Gasteiger partial charge in [-0.3, -0.25) is 15.2 Å². The molecule has 1 aliphatic rings. The molecular weight excluding hydrogens is 439 g/mol. The van der Waals surface area contributed by atoms with Crippen molar-refractivity contribution in [2.24, 2.45) is 0 Å². The molecule has 1 saturated heterocycles. The predicted molar refractivity (Wildman–Crippen MR) is 128 cm³/mol. The van der Waals surface area contributed by atoms with E-state index in [1.807, 2.05) is 5.01 Å². The summed E-state index contributed by atoms with van der Waals surface area (Å²) in [4.78, 5) is 24.9. The van der Waals surface area contributed by atoms with Gasteiger partial charge in [-0.2, -0.15) is 4.98 Å². The van der Waals surface area contributed by atoms with E-state index in [1.165, 1.54) is 13.3 Å². The zero-order chi connectivity index (χ0) is 24.1. The molecule has 1 aliphatic heterocycles. The van der Waals surface area contributed by atoms with E-state index < -0.39 is 11.7 Å². The topological polar surface area (TPSA) is 116 Å². The van der Waals surface area contributed by atoms with E-state index >= 15 is 0 Å². The first-order valence-electron chi connectivity index (χ1n) is 10.9. The molecule has 1 aromatic carbocycles. The highest BCUT2D eigenvalue weighted by molar-refractivity contribution is 6.04. The van der Waals surface area contributed by atoms with Crippen LogP contribution in [0, 0.1) is 5.82 Å². The van der Waals surface area contributed by atoms with Crippen molar-refractivity contribution in [3.05, 3.63) is 60.3 Å². The molecule has 2 aromatic heterocycles. The van der Waals surface area contributed by atoms with Crippen molar-refractivity contribution in [3.63, 3.8) is 0 Å². The number of carbonyl (C=O) groups is 1. The van der Waals surface area contributed by atoms with Crippen LogP contribution in [0.4, 0.5) is 27.5 Å². The Morgan fingerprint density at radius 2 is 1.97 bits per heavy atom. The summed E-state index contributed by atoms with van der Waals surface area (Å²) in [6.07, 6.45) is 2.65. The van der Waals surface area contributed by atoms with Gasteiger partial charge in [0.1, 0.15) is 11.4 Å². The number of aromatic nitrogens is 3. The molecule has 1 fully saturated rings. The summed E-state index contributed by atoms with van der Waals surface area (Å²) in [6.45, 7) is 5.70. The van der Waals surface area contributed by atoms with E-state index in [2.05, 4.69) is 50.2 Å². The van der Waals surface area contributed by atoms with E-state index in [0.29, 0.717) is 29.2 Å². The van der Waals surface area contributed by atoms with Gasteiger partial charge in [0.25, 0.3) is 5.91 Å². The number of hydrogen-bond acceptors (Lipinski definition) is 9. The molecule has 178 valence electrons. The van der Waals surface area contributed by atoms with Crippen molar-refractivity contribution < 1.29 is 13.9 Å². The van der Waals surface area contributed by atoms with E-state index in [0.717, 1.165) is 19.3 Å². The van der Waals surface area contributed by atoms with Crippen molar-refractivity contribution in [3.8, 4) is 5.75 Å². The summed E-state index contributed by atoms with van der Waals surface area (Å²) in [7, 11) is 1.50. The zero-order valence-corrected chi connectivity index (χ0v) is 19.2. The average Bonchev–Trinajstić information content (AvgIpc) is 2.81. The van der Waals surface area contributed by atoms with Gasteiger partial charge in [0.15, 0.2) is 11.6 Å². The number of rotatable bonds is 7. The summed E-state index contributed by atoms with van der Waals surface area (Å²) in [6, 6.07) is 10.7. The third kappa shape index (κ3) is 5.74. The lowest BCUT2D eigenvalue weighted by Gasteiger charge is -2.35. The number of benzene rings is 1. The molecule has 4 rings (SSSR count). The number of nitrogens with zero attached hydrogens (tertiary/aromatic N) is 4. The minimum atomic E-state index is -0.609. The standard InChI is InChI=1S/C23H27FN8O2/c1-14-12-32(13-15(2)27-14)31-23-26-11-17(24)21(30-23)28-16-7-8-20(34-3)19(10-16)29-22(33)18-6-4-5-9-25-18/h4-11,14-15,27H,12-13H2,1-3H3,(H,29,33)(H2,26,28,30,31)/t14-,15+. The Balaban J connectivity index is 1.51. The highest BCUT2D eigenvalue weighted by atomic mass is 19.1. The molecular formula is C23H27FN8O2. The fourth-order valence-electron chi connectivity index (χ4n) is 3.77. The van der Waals surface area contributed by atoms with Crippen LogP contribution in [0.15, 0.2) is 48.8 Å². The van der Waals surface area contributed by atoms with Crippen LogP contribution in [0.25, 0.3) is 0 Å². The largest absolute Gasteiger partial charge is 0.495 e. The molecule has 0 aliphatic carbocycles. The molecule has 3 aromatic rings. The Kier molecular flexibility index (Phi) is 7.14. The lowest BCUT2D eigenvalue weighted by Crippen LogP contribution is -2.55. The normalized spacial score (nSPS) is 18.2. The Morgan fingerprint density at radius 3 is 2.68 bits per heavy atom. The number of anilines is 4. The Hall–Kier alpha value is -3.83. The quantitative estimate of drug-likeness (QED) is 0.417. The molecule has 10 nitrogen and oxygen atoms in total. The Morgan fingerprint density at radius 1 is 1.18 bits per heavy atom. The third-order valence-corrected chi connectivity index (χ3v) is 5.17. The Labute approximate surface area is 196 Å². The molecule has 0 spiro atoms. The maximum Gasteiger partial charge on any atom is 0.274 e. The monoisotopic (exact) mass is 466 g/mol. The minimum absolute atomic E-state index is 0.000834. The molecule has 0 bridgehead atoms. The van der Waals surface area contributed by atoms with E-state index in [-0.39, 0.29) is 17.5 Å². The number of hydrazine groups is 1. The van der Waals surface area contributed by atoms with Gasteiger partial charge in [-0.15, -0.1) is 0 Å². The summed E-state index contributed by atoms with van der Waals surface area (Å²) in [5.41, 5.74) is 4.32. The smallest absolute Gasteiger partial charge is 0.274 e. The number of piperazine rings is 1. The number of hydrogen-bond donors (Lipinski definition) is 4. The molecule has 0 radical (unpaired) electrons. The third-order valence-electron chi connectivity index (χ3n) is 5.17. The van der Waals surface area contributed by atoms with Crippen LogP contribution in [0.2, 0.25) is 0 Å². The molecule has 0 unspecified atom stereocenters. The second kappa shape index (κ2) is 10.4. The number of pyridine rings is 1. The summed E-state index contributed by atoms with van der Waals surface area (Å²) >= 11 is 0. The van der Waals surface area contributed by atoms with Gasteiger partial charge in [0.2, 0.25) is 5.95 Å². The molecule has 3 heterocycles. The number of methoxy groups -OCH3 is 1. The average molecular weight is 467 g/mol. The first kappa shape index (κ1) is 23.3. The van der Waals surface area contributed by atoms with Gasteiger partial charge in [-0.25, -0.2) is 14.4 Å². The number of amides is 1. The van der Waals surface area contributed by atoms with Gasteiger partial charge < -0.3 is 20.7 Å². The SMILES string of the molecule is COc1ccc(Nc2nc(NN3C[C@@H](C)N[C@@H](C)C3)ncc2F)cc1NC(=O)c1ccccn1. The minimum Gasteiger partial charge on any atom is -0.495 e. The van der Waals surface area contributed by atoms with Crippen LogP contribution < -0.4 is 26.1 Å². The van der Waals surface area contributed by atoms with Crippen molar-refractivity contribution in [1.29, 1.82) is 0 Å². The van der Waals surface area contributed by atoms with Crippen molar-refractivity contribution in [2.75, 3.05) is 36.3 Å². The molecule has 34 heavy (non-hydrogen) atoms. The lowest BCUT2D eigenvalue weighted by molar-refractivity contribution is 0.102. The molecule has 11 heteroatoms. The van der Waals surface area contributed by atoms with Crippen molar-refractivity contribution in [1.82, 2.24) is 25.3 Å². The van der Waals surface area contributed by atoms with Gasteiger partial charge in [0.05, 0.1) is 19.0 Å². The first-order chi connectivity index (χ1) is 16.4. The van der Waals surface area contributed by atoms with Crippen molar-refractivity contribution >= 4 is 29.0 Å². The van der Waals surface area contributed by atoms with Crippen LogP contribution in [-0.4, -0.2) is 58.2 Å². The molecule has 4 N–H and O–H groups in total. The molecule has 1 amide bonds. The second-order valence-electron chi connectivity index (χ2n) is 8.08. The fraction of sp³-hybridized carbons (Fsp3) is 0.304. The second-order valence-corrected chi connectivity index (χ2v) is 8.08. The maximum atomic E-state index is 14.5. The van der Waals surface area contributed by atoms with Gasteiger partial charge in [-0.05, 0) is 44.2 Å². The molecule has 0 saturated carbocycles. The van der Waals surface area contributed by atoms with Crippen LogP contribution in [-0.2, 0) is 0 Å². The van der Waals surface area contributed by atoms with E-state index in [4.69, 9.17) is 4.74 Å². The highest BCUT2D eigenvalue weighted by Gasteiger charge is 2.22. The van der Waals surface area contributed by atoms with E-state index in [1.54, 1.807) is 36.4 Å². The fourth-order valence-corrected chi connectivity index (χ4v) is 3.77. The van der Waals surface area contributed by atoms with E-state index in [9.17, 15) is 9.18 Å². The lowest BCUT2D eigenvalue weighted by atomic mass is 10.2. The van der Waals surface area contributed by atoms with Crippen LogP contribution in [0.3, 0.4) is 0 Å². The van der Waals surface area contributed by atoms with Gasteiger partial charge in [0, 0.05) is 37.1 Å². The number of ether oxygens (including phenoxy) is 1.